The summed E-state index contributed by atoms with van der Waals surface area (Å²) in [6.45, 7) is 2.69. The zero-order valence-corrected chi connectivity index (χ0v) is 12.0. The Hall–Kier alpha value is -2.26. The maximum Gasteiger partial charge on any atom is 0.270 e. The van der Waals surface area contributed by atoms with Crippen molar-refractivity contribution in [3.8, 4) is 0 Å². The fraction of sp³-hybridized carbons (Fsp3) is 0.333. The molecule has 0 aromatic heterocycles. The molecule has 3 N–H and O–H groups in total. The van der Waals surface area contributed by atoms with E-state index in [4.69, 9.17) is 10.5 Å². The average molecular weight is 309 g/mol. The highest BCUT2D eigenvalue weighted by Gasteiger charge is 2.17. The normalized spacial score (nSPS) is 15.1. The quantitative estimate of drug-likeness (QED) is 0.363. The predicted molar refractivity (Wildman–Crippen MR) is 83.6 cm³/mol. The molecule has 8 nitrogen and oxygen atoms in total. The van der Waals surface area contributed by atoms with Gasteiger partial charge in [0.15, 0.2) is 5.11 Å². The van der Waals surface area contributed by atoms with Crippen LogP contribution in [0.5, 0.6) is 0 Å². The number of morpholine rings is 1. The number of hydrogen-bond donors (Lipinski definition) is 2. The molecule has 0 saturated carbocycles. The Morgan fingerprint density at radius 3 is 2.86 bits per heavy atom. The van der Waals surface area contributed by atoms with Gasteiger partial charge in [0.05, 0.1) is 24.4 Å². The van der Waals surface area contributed by atoms with Gasteiger partial charge < -0.3 is 15.4 Å². The van der Waals surface area contributed by atoms with Gasteiger partial charge in [-0.05, 0) is 18.3 Å². The van der Waals surface area contributed by atoms with E-state index in [0.717, 1.165) is 18.8 Å². The van der Waals surface area contributed by atoms with Crippen LogP contribution in [0.2, 0.25) is 0 Å². The zero-order chi connectivity index (χ0) is 15.2. The Balaban J connectivity index is 2.30. The lowest BCUT2D eigenvalue weighted by molar-refractivity contribution is -0.384. The molecule has 112 valence electrons. The fourth-order valence-electron chi connectivity index (χ4n) is 2.02. The van der Waals surface area contributed by atoms with Crippen molar-refractivity contribution in [3.05, 3.63) is 33.9 Å². The Morgan fingerprint density at radius 1 is 1.52 bits per heavy atom. The number of rotatable bonds is 4. The second kappa shape index (κ2) is 6.95. The minimum atomic E-state index is -0.443. The molecule has 0 aliphatic carbocycles. The van der Waals surface area contributed by atoms with Crippen molar-refractivity contribution in [1.82, 2.24) is 5.43 Å². The number of nitro groups is 1. The van der Waals surface area contributed by atoms with E-state index < -0.39 is 4.92 Å². The first kappa shape index (κ1) is 15.1. The molecule has 1 fully saturated rings. The second-order valence-electron chi connectivity index (χ2n) is 4.33. The van der Waals surface area contributed by atoms with Crippen LogP contribution in [0.3, 0.4) is 0 Å². The first-order valence-corrected chi connectivity index (χ1v) is 6.68. The van der Waals surface area contributed by atoms with Gasteiger partial charge in [0, 0.05) is 36.5 Å². The largest absolute Gasteiger partial charge is 0.378 e. The predicted octanol–water partition coefficient (Wildman–Crippen LogP) is 0.599. The highest BCUT2D eigenvalue weighted by Crippen LogP contribution is 2.25. The Kier molecular flexibility index (Phi) is 5.01. The molecule has 0 spiro atoms. The van der Waals surface area contributed by atoms with Gasteiger partial charge >= 0.3 is 0 Å². The summed E-state index contributed by atoms with van der Waals surface area (Å²) < 4.78 is 5.31. The Labute approximate surface area is 126 Å². The van der Waals surface area contributed by atoms with E-state index in [-0.39, 0.29) is 10.8 Å². The first-order chi connectivity index (χ1) is 10.1. The molecule has 1 aliphatic rings. The van der Waals surface area contributed by atoms with E-state index >= 15 is 0 Å². The van der Waals surface area contributed by atoms with Crippen LogP contribution in [0.4, 0.5) is 11.4 Å². The van der Waals surface area contributed by atoms with E-state index in [2.05, 4.69) is 27.6 Å². The lowest BCUT2D eigenvalue weighted by Gasteiger charge is -2.29. The van der Waals surface area contributed by atoms with Crippen molar-refractivity contribution >= 4 is 34.9 Å². The molecule has 1 aromatic rings. The summed E-state index contributed by atoms with van der Waals surface area (Å²) in [7, 11) is 0. The number of nitrogens with two attached hydrogens (primary N) is 1. The molecule has 0 bridgehead atoms. The zero-order valence-electron chi connectivity index (χ0n) is 11.2. The van der Waals surface area contributed by atoms with Crippen molar-refractivity contribution in [2.75, 3.05) is 31.2 Å². The number of benzene rings is 1. The average Bonchev–Trinajstić information content (AvgIpc) is 2.47. The molecule has 21 heavy (non-hydrogen) atoms. The highest BCUT2D eigenvalue weighted by molar-refractivity contribution is 7.80. The summed E-state index contributed by atoms with van der Waals surface area (Å²) in [6.07, 6.45) is 1.47. The minimum Gasteiger partial charge on any atom is -0.378 e. The third-order valence-corrected chi connectivity index (χ3v) is 3.04. The highest BCUT2D eigenvalue weighted by atomic mass is 32.1. The van der Waals surface area contributed by atoms with Crippen molar-refractivity contribution in [3.63, 3.8) is 0 Å². The monoisotopic (exact) mass is 309 g/mol. The van der Waals surface area contributed by atoms with E-state index in [0.29, 0.717) is 18.8 Å². The van der Waals surface area contributed by atoms with Gasteiger partial charge in [-0.1, -0.05) is 0 Å². The number of thiocarbonyl (C=S) groups is 1. The number of ether oxygens (including phenoxy) is 1. The first-order valence-electron chi connectivity index (χ1n) is 6.27. The van der Waals surface area contributed by atoms with Gasteiger partial charge in [-0.25, -0.2) is 0 Å². The van der Waals surface area contributed by atoms with Crippen LogP contribution in [0.15, 0.2) is 23.3 Å². The number of non-ortho nitro benzene ring substituents is 1. The molecule has 1 aliphatic heterocycles. The lowest BCUT2D eigenvalue weighted by Crippen LogP contribution is -2.36. The number of hydrogen-bond acceptors (Lipinski definition) is 6. The minimum absolute atomic E-state index is 0.00350. The molecule has 1 aromatic carbocycles. The van der Waals surface area contributed by atoms with Crippen molar-refractivity contribution in [2.45, 2.75) is 0 Å². The number of nitrogens with zero attached hydrogens (tertiary/aromatic N) is 3. The summed E-state index contributed by atoms with van der Waals surface area (Å²) in [4.78, 5) is 12.5. The molecule has 1 saturated heterocycles. The molecule has 2 rings (SSSR count). The summed E-state index contributed by atoms with van der Waals surface area (Å²) >= 11 is 4.65. The molecule has 1 heterocycles. The van der Waals surface area contributed by atoms with E-state index in [9.17, 15) is 10.1 Å². The Bertz CT molecular complexity index is 572. The van der Waals surface area contributed by atoms with Crippen LogP contribution >= 0.6 is 12.2 Å². The van der Waals surface area contributed by atoms with Gasteiger partial charge in [-0.3, -0.25) is 15.5 Å². The fourth-order valence-corrected chi connectivity index (χ4v) is 2.07. The summed E-state index contributed by atoms with van der Waals surface area (Å²) in [5.41, 5.74) is 9.21. The smallest absolute Gasteiger partial charge is 0.270 e. The van der Waals surface area contributed by atoms with Crippen LogP contribution in [-0.4, -0.2) is 42.6 Å². The van der Waals surface area contributed by atoms with Gasteiger partial charge in [-0.15, -0.1) is 0 Å². The second-order valence-corrected chi connectivity index (χ2v) is 4.77. The summed E-state index contributed by atoms with van der Waals surface area (Å²) in [5, 5.41) is 14.8. The maximum atomic E-state index is 10.9. The van der Waals surface area contributed by atoms with Gasteiger partial charge in [0.25, 0.3) is 5.69 Å². The van der Waals surface area contributed by atoms with Crippen LogP contribution < -0.4 is 16.1 Å². The van der Waals surface area contributed by atoms with Crippen molar-refractivity contribution in [2.24, 2.45) is 10.8 Å². The summed E-state index contributed by atoms with van der Waals surface area (Å²) in [5.74, 6) is 0. The van der Waals surface area contributed by atoms with Gasteiger partial charge in [0.1, 0.15) is 0 Å². The van der Waals surface area contributed by atoms with Crippen molar-refractivity contribution < 1.29 is 9.66 Å². The molecule has 9 heteroatoms. The SMILES string of the molecule is NC(=S)N/N=C\c1cc([N+](=O)[O-])ccc1N1CCOCC1. The van der Waals surface area contributed by atoms with Crippen LogP contribution in [0.25, 0.3) is 0 Å². The third-order valence-electron chi connectivity index (χ3n) is 2.95. The van der Waals surface area contributed by atoms with Gasteiger partial charge in [0.2, 0.25) is 0 Å². The molecule has 0 atom stereocenters. The van der Waals surface area contributed by atoms with E-state index in [1.54, 1.807) is 6.07 Å². The van der Waals surface area contributed by atoms with E-state index in [1.807, 2.05) is 0 Å². The van der Waals surface area contributed by atoms with Gasteiger partial charge in [-0.2, -0.15) is 5.10 Å². The van der Waals surface area contributed by atoms with Crippen molar-refractivity contribution in [1.29, 1.82) is 0 Å². The number of nitro benzene ring substituents is 1. The molecule has 0 radical (unpaired) electrons. The number of anilines is 1. The number of hydrazone groups is 1. The molecule has 0 unspecified atom stereocenters. The summed E-state index contributed by atoms with van der Waals surface area (Å²) in [6, 6.07) is 4.66. The molecular formula is C12H15N5O3S. The van der Waals surface area contributed by atoms with Crippen LogP contribution in [-0.2, 0) is 4.74 Å². The lowest BCUT2D eigenvalue weighted by atomic mass is 10.1. The van der Waals surface area contributed by atoms with Crippen LogP contribution in [0, 0.1) is 10.1 Å². The standard InChI is InChI=1S/C12H15N5O3S/c13-12(21)15-14-8-9-7-10(17(18)19)1-2-11(9)16-3-5-20-6-4-16/h1-2,7-8H,3-6H2,(H3,13,15,21)/b14-8-. The topological polar surface area (TPSA) is 106 Å². The number of nitrogens with one attached hydrogen (secondary N) is 1. The third kappa shape index (κ3) is 4.10. The van der Waals surface area contributed by atoms with E-state index in [1.165, 1.54) is 18.3 Å². The van der Waals surface area contributed by atoms with Crippen LogP contribution in [0.1, 0.15) is 5.56 Å². The molecule has 0 amide bonds. The molecular weight excluding hydrogens is 294 g/mol. The maximum absolute atomic E-state index is 10.9. The Morgan fingerprint density at radius 2 is 2.24 bits per heavy atom.